The van der Waals surface area contributed by atoms with Crippen molar-refractivity contribution < 1.29 is 37.7 Å². The summed E-state index contributed by atoms with van der Waals surface area (Å²) in [4.78, 5) is 0. The fourth-order valence-corrected chi connectivity index (χ4v) is 1.37. The first-order valence-corrected chi connectivity index (χ1v) is 4.44. The van der Waals surface area contributed by atoms with Gasteiger partial charge >= 0.3 is 0 Å². The van der Waals surface area contributed by atoms with Crippen LogP contribution in [0.15, 0.2) is 16.6 Å². The Labute approximate surface area is 117 Å². The minimum Gasteiger partial charge on any atom is -0.208 e. The van der Waals surface area contributed by atoms with Gasteiger partial charge in [0.05, 0.1) is 0 Å². The molecule has 0 aliphatic carbocycles. The van der Waals surface area contributed by atoms with Gasteiger partial charge in [0.2, 0.25) is 0 Å². The van der Waals surface area contributed by atoms with E-state index in [1.54, 1.807) is 6.42 Å². The van der Waals surface area contributed by atoms with Crippen molar-refractivity contribution in [3.05, 3.63) is 39.7 Å². The topological polar surface area (TPSA) is 23.8 Å². The Morgan fingerprint density at radius 2 is 1.77 bits per heavy atom. The van der Waals surface area contributed by atoms with E-state index in [2.05, 4.69) is 15.9 Å². The van der Waals surface area contributed by atoms with Gasteiger partial charge in [-0.25, -0.2) is 5.26 Å². The maximum atomic E-state index is 8.45. The summed E-state index contributed by atoms with van der Waals surface area (Å²) in [5, 5.41) is 8.45. The first-order chi connectivity index (χ1) is 5.65. The molecule has 3 heteroatoms. The van der Waals surface area contributed by atoms with Gasteiger partial charge in [0, 0.05) is 43.8 Å². The van der Waals surface area contributed by atoms with Crippen molar-refractivity contribution in [2.45, 2.75) is 13.8 Å². The number of hydrogen-bond acceptors (Lipinski definition) is 1. The maximum absolute atomic E-state index is 8.45. The molecule has 0 unspecified atom stereocenters. The normalized spacial score (nSPS) is 8.46. The molecular weight excluding hydrogens is 379 g/mol. The summed E-state index contributed by atoms with van der Waals surface area (Å²) in [6, 6.07) is 5.99. The summed E-state index contributed by atoms with van der Waals surface area (Å²) in [6.45, 7) is 4.04. The van der Waals surface area contributed by atoms with E-state index in [1.807, 2.05) is 32.0 Å². The van der Waals surface area contributed by atoms with Gasteiger partial charge in [-0.05, 0) is 4.47 Å². The standard InChI is InChI=1S/C10H9BrN.Ho/c1-7-5-9(3-4-12)6-8(2)10(7)11;/h3,5-6H,1-2H3;/q-1;. The Morgan fingerprint density at radius 1 is 1.31 bits per heavy atom. The van der Waals surface area contributed by atoms with Crippen LogP contribution >= 0.6 is 15.9 Å². The zero-order valence-corrected chi connectivity index (χ0v) is 10.9. The summed E-state index contributed by atoms with van der Waals surface area (Å²) in [7, 11) is 0. The van der Waals surface area contributed by atoms with Gasteiger partial charge < -0.3 is 0 Å². The smallest absolute Gasteiger partial charge is 0.0237 e. The third kappa shape index (κ3) is 3.52. The molecule has 0 bridgehead atoms. The zero-order valence-electron chi connectivity index (χ0n) is 7.36. The fourth-order valence-electron chi connectivity index (χ4n) is 1.14. The molecule has 0 spiro atoms. The van der Waals surface area contributed by atoms with Gasteiger partial charge in [-0.1, -0.05) is 47.3 Å². The third-order valence-electron chi connectivity index (χ3n) is 1.69. The second-order valence-electron chi connectivity index (χ2n) is 2.74. The molecule has 1 nitrogen and oxygen atoms in total. The van der Waals surface area contributed by atoms with Gasteiger partial charge in [-0.15, -0.1) is 0 Å². The second-order valence-corrected chi connectivity index (χ2v) is 3.54. The summed E-state index contributed by atoms with van der Waals surface area (Å²) in [5.41, 5.74) is 3.30. The van der Waals surface area contributed by atoms with Crippen molar-refractivity contribution in [1.82, 2.24) is 0 Å². The van der Waals surface area contributed by atoms with Crippen LogP contribution in [-0.2, 0) is 0 Å². The fraction of sp³-hybridized carbons (Fsp3) is 0.200. The minimum absolute atomic E-state index is 0. The quantitative estimate of drug-likeness (QED) is 0.536. The third-order valence-corrected chi connectivity index (χ3v) is 2.94. The largest absolute Gasteiger partial charge is 0.208 e. The second kappa shape index (κ2) is 5.93. The van der Waals surface area contributed by atoms with Crippen molar-refractivity contribution >= 4 is 15.9 Å². The minimum atomic E-state index is 0. The predicted molar refractivity (Wildman–Crippen MR) is 52.6 cm³/mol. The Hall–Kier alpha value is 0.320. The maximum Gasteiger partial charge on any atom is 0.0237 e. The molecule has 0 saturated carbocycles. The molecule has 73 valence electrons. The molecular formula is C10H9BrHoN-. The monoisotopic (exact) mass is 387 g/mol. The molecule has 1 rings (SSSR count). The van der Waals surface area contributed by atoms with Crippen LogP contribution in [0, 0.1) is 69.3 Å². The molecule has 0 heterocycles. The van der Waals surface area contributed by atoms with Crippen LogP contribution in [0.4, 0.5) is 0 Å². The van der Waals surface area contributed by atoms with Crippen molar-refractivity contribution in [2.75, 3.05) is 0 Å². The molecule has 0 aromatic heterocycles. The number of nitriles is 1. The molecule has 1 radical (unpaired) electrons. The van der Waals surface area contributed by atoms with E-state index in [1.165, 1.54) is 0 Å². The number of aryl methyl sites for hydroxylation is 2. The molecule has 1 aromatic rings. The average Bonchev–Trinajstić information content (AvgIpc) is 2.01. The van der Waals surface area contributed by atoms with E-state index < -0.39 is 0 Å². The summed E-state index contributed by atoms with van der Waals surface area (Å²) < 4.78 is 1.12. The van der Waals surface area contributed by atoms with Crippen molar-refractivity contribution in [3.63, 3.8) is 0 Å². The van der Waals surface area contributed by atoms with E-state index >= 15 is 0 Å². The van der Waals surface area contributed by atoms with Crippen LogP contribution in [0.5, 0.6) is 0 Å². The molecule has 13 heavy (non-hydrogen) atoms. The number of nitrogens with zero attached hydrogens (tertiary/aromatic N) is 1. The number of halogens is 1. The molecule has 0 amide bonds. The molecule has 0 aliphatic heterocycles. The van der Waals surface area contributed by atoms with E-state index in [9.17, 15) is 0 Å². The molecule has 1 aromatic carbocycles. The summed E-state index contributed by atoms with van der Waals surface area (Å²) >= 11 is 3.47. The zero-order chi connectivity index (χ0) is 9.14. The van der Waals surface area contributed by atoms with Crippen LogP contribution in [0.25, 0.3) is 0 Å². The van der Waals surface area contributed by atoms with Crippen LogP contribution < -0.4 is 0 Å². The summed E-state index contributed by atoms with van der Waals surface area (Å²) in [6.07, 6.45) is 1.55. The van der Waals surface area contributed by atoms with Crippen LogP contribution in [0.2, 0.25) is 0 Å². The van der Waals surface area contributed by atoms with Crippen molar-refractivity contribution in [2.24, 2.45) is 0 Å². The number of hydrogen-bond donors (Lipinski definition) is 0. The first kappa shape index (κ1) is 13.3. The van der Waals surface area contributed by atoms with Gasteiger partial charge in [0.1, 0.15) is 0 Å². The van der Waals surface area contributed by atoms with Crippen molar-refractivity contribution in [1.29, 1.82) is 5.26 Å². The van der Waals surface area contributed by atoms with E-state index in [0.29, 0.717) is 0 Å². The van der Waals surface area contributed by atoms with Gasteiger partial charge in [0.15, 0.2) is 0 Å². The van der Waals surface area contributed by atoms with E-state index in [-0.39, 0.29) is 37.7 Å². The molecule has 0 N–H and O–H groups in total. The van der Waals surface area contributed by atoms with Crippen molar-refractivity contribution in [3.8, 4) is 6.07 Å². The SMILES string of the molecule is Cc1cc([CH-]C#N)cc(C)c1Br.[Ho]. The van der Waals surface area contributed by atoms with Gasteiger partial charge in [-0.2, -0.15) is 17.7 Å². The Bertz CT molecular complexity index is 318. The van der Waals surface area contributed by atoms with E-state index in [0.717, 1.165) is 21.2 Å². The van der Waals surface area contributed by atoms with E-state index in [4.69, 9.17) is 5.26 Å². The van der Waals surface area contributed by atoms with Gasteiger partial charge in [0.25, 0.3) is 0 Å². The average molecular weight is 388 g/mol. The molecule has 0 saturated heterocycles. The number of benzene rings is 1. The Morgan fingerprint density at radius 3 is 2.15 bits per heavy atom. The van der Waals surface area contributed by atoms with Crippen LogP contribution in [-0.4, -0.2) is 0 Å². The summed E-state index contributed by atoms with van der Waals surface area (Å²) in [5.74, 6) is 0. The molecule has 0 atom stereocenters. The molecule has 0 fully saturated rings. The molecule has 0 aliphatic rings. The predicted octanol–water partition coefficient (Wildman–Crippen LogP) is 3.14. The van der Waals surface area contributed by atoms with Gasteiger partial charge in [-0.3, -0.25) is 0 Å². The Balaban J connectivity index is 0.00000144. The van der Waals surface area contributed by atoms with Crippen LogP contribution in [0.3, 0.4) is 0 Å². The number of rotatable bonds is 1. The van der Waals surface area contributed by atoms with Crippen LogP contribution in [0.1, 0.15) is 16.7 Å². The first-order valence-electron chi connectivity index (χ1n) is 3.64. The Kier molecular flexibility index (Phi) is 6.07.